The summed E-state index contributed by atoms with van der Waals surface area (Å²) in [5.74, 6) is 0. The Bertz CT molecular complexity index is 561. The van der Waals surface area contributed by atoms with Crippen molar-refractivity contribution in [2.75, 3.05) is 10.9 Å². The first-order chi connectivity index (χ1) is 8.68. The molecule has 0 unspecified atom stereocenters. The number of nitro groups is 1. The zero-order valence-corrected chi connectivity index (χ0v) is 10.0. The molecule has 0 bridgehead atoms. The minimum atomic E-state index is -0.517. The van der Waals surface area contributed by atoms with E-state index in [2.05, 4.69) is 10.9 Å². The second-order valence-electron chi connectivity index (χ2n) is 3.51. The van der Waals surface area contributed by atoms with Crippen molar-refractivity contribution >= 4 is 28.7 Å². The minimum Gasteiger partial charge on any atom is -0.301 e. The number of para-hydroxylation sites is 2. The monoisotopic (exact) mass is 263 g/mol. The molecule has 92 valence electrons. The van der Waals surface area contributed by atoms with Gasteiger partial charge in [0, 0.05) is 0 Å². The average molecular weight is 264 g/mol. The summed E-state index contributed by atoms with van der Waals surface area (Å²) in [7, 11) is 0. The molecule has 2 aromatic rings. The number of hydrogen-bond acceptors (Lipinski definition) is 4. The lowest BCUT2D eigenvalue weighted by molar-refractivity contribution is -0.383. The first-order valence-electron chi connectivity index (χ1n) is 5.18. The van der Waals surface area contributed by atoms with E-state index in [1.807, 2.05) is 30.3 Å². The van der Waals surface area contributed by atoms with Gasteiger partial charge in [-0.15, -0.1) is 0 Å². The predicted molar refractivity (Wildman–Crippen MR) is 71.8 cm³/mol. The molecule has 2 aromatic carbocycles. The lowest BCUT2D eigenvalue weighted by Crippen LogP contribution is -2.10. The van der Waals surface area contributed by atoms with E-state index >= 15 is 0 Å². The molecule has 0 heterocycles. The van der Waals surface area contributed by atoms with Crippen molar-refractivity contribution in [2.24, 2.45) is 0 Å². The molecular formula is C12H10ClN3O2. The van der Waals surface area contributed by atoms with Crippen molar-refractivity contribution in [1.82, 2.24) is 0 Å². The lowest BCUT2D eigenvalue weighted by atomic mass is 10.3. The Morgan fingerprint density at radius 1 is 1.00 bits per heavy atom. The van der Waals surface area contributed by atoms with Gasteiger partial charge in [0.2, 0.25) is 0 Å². The largest absolute Gasteiger partial charge is 0.312 e. The van der Waals surface area contributed by atoms with Crippen LogP contribution in [0.2, 0.25) is 5.02 Å². The number of nitrogens with one attached hydrogen (secondary N) is 2. The van der Waals surface area contributed by atoms with Crippen LogP contribution < -0.4 is 10.9 Å². The van der Waals surface area contributed by atoms with E-state index in [0.717, 1.165) is 5.69 Å². The lowest BCUT2D eigenvalue weighted by Gasteiger charge is -2.10. The van der Waals surface area contributed by atoms with Crippen LogP contribution in [-0.4, -0.2) is 4.92 Å². The molecule has 0 aliphatic carbocycles. The van der Waals surface area contributed by atoms with Gasteiger partial charge in [0.25, 0.3) is 0 Å². The van der Waals surface area contributed by atoms with Crippen molar-refractivity contribution in [3.05, 3.63) is 63.7 Å². The van der Waals surface area contributed by atoms with Crippen molar-refractivity contribution in [3.8, 4) is 0 Å². The molecule has 0 aromatic heterocycles. The molecule has 5 nitrogen and oxygen atoms in total. The highest BCUT2D eigenvalue weighted by Crippen LogP contribution is 2.32. The summed E-state index contributed by atoms with van der Waals surface area (Å²) in [6, 6.07) is 14.0. The van der Waals surface area contributed by atoms with Gasteiger partial charge in [0.1, 0.15) is 10.7 Å². The number of halogens is 1. The van der Waals surface area contributed by atoms with Crippen LogP contribution in [0, 0.1) is 10.1 Å². The molecule has 0 atom stereocenters. The van der Waals surface area contributed by atoms with E-state index in [4.69, 9.17) is 11.6 Å². The number of hydrazine groups is 1. The van der Waals surface area contributed by atoms with Crippen molar-refractivity contribution in [1.29, 1.82) is 0 Å². The molecule has 0 aliphatic rings. The normalized spacial score (nSPS) is 9.83. The third kappa shape index (κ3) is 2.70. The van der Waals surface area contributed by atoms with Crippen LogP contribution in [0.25, 0.3) is 0 Å². The Labute approximate surface area is 109 Å². The van der Waals surface area contributed by atoms with Crippen LogP contribution in [0.15, 0.2) is 48.5 Å². The van der Waals surface area contributed by atoms with E-state index in [1.165, 1.54) is 6.07 Å². The number of anilines is 2. The fourth-order valence-electron chi connectivity index (χ4n) is 1.46. The number of rotatable bonds is 4. The van der Waals surface area contributed by atoms with Gasteiger partial charge in [0.15, 0.2) is 0 Å². The fraction of sp³-hybridized carbons (Fsp3) is 0. The fourth-order valence-corrected chi connectivity index (χ4v) is 1.71. The molecule has 0 spiro atoms. The Morgan fingerprint density at radius 3 is 2.39 bits per heavy atom. The third-order valence-corrected chi connectivity index (χ3v) is 2.59. The molecule has 6 heteroatoms. The maximum Gasteiger partial charge on any atom is 0.312 e. The first kappa shape index (κ1) is 12.2. The molecular weight excluding hydrogens is 254 g/mol. The molecule has 0 radical (unpaired) electrons. The Hall–Kier alpha value is -2.27. The SMILES string of the molecule is O=[N+]([O-])c1c(Cl)cccc1NNc1ccccc1. The first-order valence-corrected chi connectivity index (χ1v) is 5.56. The van der Waals surface area contributed by atoms with Gasteiger partial charge in [-0.1, -0.05) is 35.9 Å². The van der Waals surface area contributed by atoms with Crippen LogP contribution in [-0.2, 0) is 0 Å². The van der Waals surface area contributed by atoms with Crippen molar-refractivity contribution in [3.63, 3.8) is 0 Å². The van der Waals surface area contributed by atoms with E-state index in [9.17, 15) is 10.1 Å². The number of hydrogen-bond donors (Lipinski definition) is 2. The van der Waals surface area contributed by atoms with Crippen LogP contribution in [0.1, 0.15) is 0 Å². The Morgan fingerprint density at radius 2 is 1.72 bits per heavy atom. The molecule has 18 heavy (non-hydrogen) atoms. The number of benzene rings is 2. The number of nitro benzene ring substituents is 1. The molecule has 0 saturated heterocycles. The summed E-state index contributed by atoms with van der Waals surface area (Å²) < 4.78 is 0. The van der Waals surface area contributed by atoms with Crippen LogP contribution in [0.4, 0.5) is 17.1 Å². The minimum absolute atomic E-state index is 0.0971. The third-order valence-electron chi connectivity index (χ3n) is 2.28. The summed E-state index contributed by atoms with van der Waals surface area (Å²) in [5.41, 5.74) is 6.61. The molecule has 0 amide bonds. The highest BCUT2D eigenvalue weighted by atomic mass is 35.5. The second-order valence-corrected chi connectivity index (χ2v) is 3.92. The second kappa shape index (κ2) is 5.37. The van der Waals surface area contributed by atoms with Crippen LogP contribution in [0.3, 0.4) is 0 Å². The van der Waals surface area contributed by atoms with Crippen molar-refractivity contribution in [2.45, 2.75) is 0 Å². The quantitative estimate of drug-likeness (QED) is 0.652. The summed E-state index contributed by atoms with van der Waals surface area (Å²) >= 11 is 5.80. The molecule has 0 aliphatic heterocycles. The topological polar surface area (TPSA) is 67.2 Å². The van der Waals surface area contributed by atoms with Gasteiger partial charge in [-0.05, 0) is 24.3 Å². The van der Waals surface area contributed by atoms with Gasteiger partial charge in [-0.2, -0.15) is 0 Å². The van der Waals surface area contributed by atoms with Crippen LogP contribution >= 0.6 is 11.6 Å². The standard InChI is InChI=1S/C12H10ClN3O2/c13-10-7-4-8-11(12(10)16(17)18)15-14-9-5-2-1-3-6-9/h1-8,14-15H. The smallest absolute Gasteiger partial charge is 0.301 e. The van der Waals surface area contributed by atoms with Gasteiger partial charge in [-0.3, -0.25) is 15.5 Å². The van der Waals surface area contributed by atoms with E-state index in [-0.39, 0.29) is 10.7 Å². The zero-order chi connectivity index (χ0) is 13.0. The summed E-state index contributed by atoms with van der Waals surface area (Å²) in [6.07, 6.45) is 0. The highest BCUT2D eigenvalue weighted by molar-refractivity contribution is 6.33. The van der Waals surface area contributed by atoms with Gasteiger partial charge < -0.3 is 5.43 Å². The summed E-state index contributed by atoms with van der Waals surface area (Å²) in [5, 5.41) is 11.0. The zero-order valence-electron chi connectivity index (χ0n) is 9.26. The number of nitrogens with zero attached hydrogens (tertiary/aromatic N) is 1. The summed E-state index contributed by atoms with van der Waals surface area (Å²) in [6.45, 7) is 0. The maximum atomic E-state index is 10.9. The average Bonchev–Trinajstić information content (AvgIpc) is 2.37. The molecule has 2 rings (SSSR count). The summed E-state index contributed by atoms with van der Waals surface area (Å²) in [4.78, 5) is 10.4. The molecule has 0 saturated carbocycles. The van der Waals surface area contributed by atoms with Gasteiger partial charge in [-0.25, -0.2) is 0 Å². The Kier molecular flexibility index (Phi) is 3.64. The van der Waals surface area contributed by atoms with Crippen molar-refractivity contribution < 1.29 is 4.92 Å². The van der Waals surface area contributed by atoms with Gasteiger partial charge >= 0.3 is 5.69 Å². The molecule has 0 fully saturated rings. The predicted octanol–water partition coefficient (Wildman–Crippen LogP) is 3.69. The van der Waals surface area contributed by atoms with Crippen LogP contribution in [0.5, 0.6) is 0 Å². The van der Waals surface area contributed by atoms with Gasteiger partial charge in [0.05, 0.1) is 10.6 Å². The Balaban J connectivity index is 2.20. The van der Waals surface area contributed by atoms with E-state index < -0.39 is 4.92 Å². The molecule has 2 N–H and O–H groups in total. The van der Waals surface area contributed by atoms with E-state index in [0.29, 0.717) is 5.69 Å². The van der Waals surface area contributed by atoms with E-state index in [1.54, 1.807) is 12.1 Å². The maximum absolute atomic E-state index is 10.9. The highest BCUT2D eigenvalue weighted by Gasteiger charge is 2.17.